The summed E-state index contributed by atoms with van der Waals surface area (Å²) in [6.45, 7) is 0. The Kier molecular flexibility index (Phi) is 8.14. The van der Waals surface area contributed by atoms with Crippen molar-refractivity contribution in [1.82, 2.24) is 15.0 Å². The third-order valence-corrected chi connectivity index (χ3v) is 7.11. The van der Waals surface area contributed by atoms with Crippen molar-refractivity contribution in [3.63, 3.8) is 0 Å². The number of nitrogens with two attached hydrogens (primary N) is 1. The molecule has 0 saturated carbocycles. The topological polar surface area (TPSA) is 263 Å². The molecule has 0 atom stereocenters. The number of phenols is 1. The summed E-state index contributed by atoms with van der Waals surface area (Å²) in [6, 6.07) is 14.6. The number of rotatable bonds is 9. The van der Waals surface area contributed by atoms with Gasteiger partial charge in [0.05, 0.1) is 27.4 Å². The quantitative estimate of drug-likeness (QED) is 0.0766. The lowest BCUT2D eigenvalue weighted by Crippen LogP contribution is -2.09. The zero-order chi connectivity index (χ0) is 32.5. The Morgan fingerprint density at radius 1 is 0.822 bits per heavy atom. The molecule has 1 aromatic heterocycles. The first-order valence-corrected chi connectivity index (χ1v) is 14.2. The Morgan fingerprint density at radius 3 is 2.04 bits per heavy atom. The van der Waals surface area contributed by atoms with Crippen LogP contribution in [0.2, 0.25) is 5.02 Å². The highest BCUT2D eigenvalue weighted by molar-refractivity contribution is 7.85. The third-order valence-electron chi connectivity index (χ3n) is 6.02. The maximum absolute atomic E-state index is 12.0. The normalized spacial score (nSPS) is 11.5. The van der Waals surface area contributed by atoms with E-state index in [0.29, 0.717) is 10.7 Å². The van der Waals surface area contributed by atoms with E-state index in [0.717, 1.165) is 30.3 Å². The van der Waals surface area contributed by atoms with E-state index in [9.17, 15) is 37.9 Å². The maximum Gasteiger partial charge on any atom is 0.335 e. The minimum atomic E-state index is -4.72. The van der Waals surface area contributed by atoms with Crippen molar-refractivity contribution in [2.45, 2.75) is 4.90 Å². The van der Waals surface area contributed by atoms with Crippen LogP contribution in [0, 0.1) is 0 Å². The number of azo groups is 1. The van der Waals surface area contributed by atoms with Gasteiger partial charge in [0.1, 0.15) is 5.69 Å². The van der Waals surface area contributed by atoms with E-state index >= 15 is 0 Å². The number of hydrogen-bond acceptors (Lipinski definition) is 13. The third kappa shape index (κ3) is 7.02. The van der Waals surface area contributed by atoms with E-state index in [4.69, 9.17) is 17.3 Å². The van der Waals surface area contributed by atoms with Crippen LogP contribution in [0.4, 0.5) is 40.6 Å². The lowest BCUT2D eigenvalue weighted by molar-refractivity contribution is 0.0696. The molecule has 1 heterocycles. The van der Waals surface area contributed by atoms with Gasteiger partial charge in [-0.15, -0.1) is 5.11 Å². The Morgan fingerprint density at radius 2 is 1.44 bits per heavy atom. The number of aromatic carboxylic acids is 2. The van der Waals surface area contributed by atoms with Gasteiger partial charge in [-0.2, -0.15) is 28.5 Å². The molecule has 0 radical (unpaired) electrons. The number of halogens is 1. The first-order chi connectivity index (χ1) is 21.3. The fourth-order valence-corrected chi connectivity index (χ4v) is 4.73. The molecule has 0 aliphatic rings. The number of nitrogen functional groups attached to an aromatic ring is 1. The Labute approximate surface area is 257 Å². The van der Waals surface area contributed by atoms with E-state index < -0.39 is 32.7 Å². The SMILES string of the molecule is Nc1nc(Nc2cc(C(=O)O)cc(C(=O)O)c2)nc(Nc2cc(S(=O)(=O)O)cc3ccc(/N=N/c4ccc(Cl)cc4)c(O)c23)n1. The standard InChI is InChI=1S/C27H19ClN8O8S/c28-15-2-4-16(5-3-15)35-36-19-6-1-12-10-18(45(42,43)44)11-20(21(12)22(19)37)31-27-33-25(29)32-26(34-27)30-17-8-13(23(38)39)7-14(9-17)24(40)41/h1-11,37H,(H,38,39)(H,40,41)(H,42,43,44)(H4,29,30,31,32,33,34)/b36-35+. The second kappa shape index (κ2) is 12.0. The average Bonchev–Trinajstić information content (AvgIpc) is 2.96. The van der Waals surface area contributed by atoms with Gasteiger partial charge in [0.2, 0.25) is 17.8 Å². The second-order valence-corrected chi connectivity index (χ2v) is 11.0. The zero-order valence-electron chi connectivity index (χ0n) is 22.4. The molecule has 228 valence electrons. The number of fused-ring (bicyclic) bond motifs is 1. The van der Waals surface area contributed by atoms with E-state index in [1.807, 2.05) is 0 Å². The average molecular weight is 651 g/mol. The first kappa shape index (κ1) is 30.5. The van der Waals surface area contributed by atoms with Gasteiger partial charge in [0, 0.05) is 16.1 Å². The molecule has 0 aliphatic heterocycles. The zero-order valence-corrected chi connectivity index (χ0v) is 23.9. The molecule has 0 spiro atoms. The van der Waals surface area contributed by atoms with Gasteiger partial charge in [0.15, 0.2) is 5.75 Å². The largest absolute Gasteiger partial charge is 0.505 e. The smallest absolute Gasteiger partial charge is 0.335 e. The summed E-state index contributed by atoms with van der Waals surface area (Å²) in [5.41, 5.74) is 5.52. The van der Waals surface area contributed by atoms with Gasteiger partial charge in [-0.25, -0.2) is 9.59 Å². The van der Waals surface area contributed by atoms with Crippen LogP contribution in [0.1, 0.15) is 20.7 Å². The molecular formula is C27H19ClN8O8S. The fraction of sp³-hybridized carbons (Fsp3) is 0. The van der Waals surface area contributed by atoms with Crippen LogP contribution in [-0.2, 0) is 10.1 Å². The molecule has 0 fully saturated rings. The van der Waals surface area contributed by atoms with Crippen LogP contribution in [0.5, 0.6) is 5.75 Å². The molecule has 5 aromatic rings. The monoisotopic (exact) mass is 650 g/mol. The van der Waals surface area contributed by atoms with Gasteiger partial charge in [-0.05, 0) is 66.0 Å². The number of carbonyl (C=O) groups is 2. The predicted octanol–water partition coefficient (Wildman–Crippen LogP) is 5.51. The number of nitrogens with zero attached hydrogens (tertiary/aromatic N) is 5. The molecule has 0 aliphatic carbocycles. The number of hydrogen-bond donors (Lipinski definition) is 7. The Bertz CT molecular complexity index is 2110. The first-order valence-electron chi connectivity index (χ1n) is 12.4. The van der Waals surface area contributed by atoms with Crippen LogP contribution >= 0.6 is 11.6 Å². The van der Waals surface area contributed by atoms with Crippen molar-refractivity contribution in [3.05, 3.63) is 82.9 Å². The molecule has 0 amide bonds. The maximum atomic E-state index is 12.0. The highest BCUT2D eigenvalue weighted by Gasteiger charge is 2.19. The molecule has 45 heavy (non-hydrogen) atoms. The summed E-state index contributed by atoms with van der Waals surface area (Å²) in [5.74, 6) is -4.05. The summed E-state index contributed by atoms with van der Waals surface area (Å²) in [7, 11) is -4.72. The van der Waals surface area contributed by atoms with Crippen molar-refractivity contribution < 1.29 is 37.9 Å². The number of aromatic nitrogens is 3. The highest BCUT2D eigenvalue weighted by atomic mass is 35.5. The molecular weight excluding hydrogens is 632 g/mol. The molecule has 0 bridgehead atoms. The summed E-state index contributed by atoms with van der Waals surface area (Å²) in [4.78, 5) is 34.5. The van der Waals surface area contributed by atoms with Crippen molar-refractivity contribution in [1.29, 1.82) is 0 Å². The van der Waals surface area contributed by atoms with Crippen LogP contribution in [-0.4, -0.2) is 55.2 Å². The van der Waals surface area contributed by atoms with Crippen molar-refractivity contribution in [2.24, 2.45) is 10.2 Å². The number of anilines is 5. The van der Waals surface area contributed by atoms with Gasteiger partial charge < -0.3 is 31.7 Å². The number of phenolic OH excluding ortho intramolecular Hbond substituents is 1. The number of nitrogens with one attached hydrogen (secondary N) is 2. The van der Waals surface area contributed by atoms with Gasteiger partial charge >= 0.3 is 11.9 Å². The summed E-state index contributed by atoms with van der Waals surface area (Å²) < 4.78 is 33.8. The van der Waals surface area contributed by atoms with Gasteiger partial charge in [-0.1, -0.05) is 17.7 Å². The molecule has 8 N–H and O–H groups in total. The molecule has 16 nitrogen and oxygen atoms in total. The van der Waals surface area contributed by atoms with Crippen LogP contribution < -0.4 is 16.4 Å². The number of aromatic hydroxyl groups is 1. The summed E-state index contributed by atoms with van der Waals surface area (Å²) >= 11 is 5.89. The van der Waals surface area contributed by atoms with E-state index in [2.05, 4.69) is 35.8 Å². The lowest BCUT2D eigenvalue weighted by atomic mass is 10.1. The summed E-state index contributed by atoms with van der Waals surface area (Å²) in [6.07, 6.45) is 0. The van der Waals surface area contributed by atoms with Gasteiger partial charge in [0.25, 0.3) is 10.1 Å². The van der Waals surface area contributed by atoms with Crippen LogP contribution in [0.25, 0.3) is 10.8 Å². The van der Waals surface area contributed by atoms with Crippen molar-refractivity contribution in [2.75, 3.05) is 16.4 Å². The minimum absolute atomic E-state index is 0.00370. The molecule has 4 aromatic carbocycles. The van der Waals surface area contributed by atoms with Crippen LogP contribution in [0.3, 0.4) is 0 Å². The van der Waals surface area contributed by atoms with E-state index in [-0.39, 0.29) is 56.8 Å². The number of carboxylic acids is 2. The highest BCUT2D eigenvalue weighted by Crippen LogP contribution is 2.42. The fourth-order valence-electron chi connectivity index (χ4n) is 4.06. The van der Waals surface area contributed by atoms with Gasteiger partial charge in [-0.3, -0.25) is 4.55 Å². The second-order valence-electron chi connectivity index (χ2n) is 9.15. The van der Waals surface area contributed by atoms with E-state index in [1.54, 1.807) is 24.3 Å². The van der Waals surface area contributed by atoms with Crippen molar-refractivity contribution in [3.8, 4) is 5.75 Å². The molecule has 5 rings (SSSR count). The number of benzene rings is 4. The molecule has 0 saturated heterocycles. The minimum Gasteiger partial charge on any atom is -0.505 e. The summed E-state index contributed by atoms with van der Waals surface area (Å²) in [5, 5.41) is 44.1. The lowest BCUT2D eigenvalue weighted by Gasteiger charge is -2.14. The van der Waals surface area contributed by atoms with E-state index in [1.165, 1.54) is 12.1 Å². The number of carboxylic acid groups (broad SMARTS) is 2. The molecule has 18 heteroatoms. The van der Waals surface area contributed by atoms with Crippen molar-refractivity contribution >= 4 is 85.0 Å². The Balaban J connectivity index is 1.57. The predicted molar refractivity (Wildman–Crippen MR) is 162 cm³/mol. The Hall–Kier alpha value is -5.91. The van der Waals surface area contributed by atoms with Crippen LogP contribution in [0.15, 0.2) is 81.9 Å². The molecule has 0 unspecified atom stereocenters.